The zero-order valence-corrected chi connectivity index (χ0v) is 11.6. The lowest BCUT2D eigenvalue weighted by atomic mass is 10.0. The summed E-state index contributed by atoms with van der Waals surface area (Å²) in [7, 11) is 0. The second-order valence-electron chi connectivity index (χ2n) is 6.09. The van der Waals surface area contributed by atoms with E-state index >= 15 is 0 Å². The van der Waals surface area contributed by atoms with Crippen molar-refractivity contribution in [1.82, 2.24) is 10.2 Å². The summed E-state index contributed by atoms with van der Waals surface area (Å²) in [5.41, 5.74) is 0. The third kappa shape index (κ3) is 4.59. The molecule has 0 radical (unpaired) electrons. The fraction of sp³-hybridized carbons (Fsp3) is 1.00. The smallest absolute Gasteiger partial charge is 0.00669 e. The molecule has 2 heteroatoms. The molecular weight excluding hydrogens is 208 g/mol. The van der Waals surface area contributed by atoms with Gasteiger partial charge in [-0.3, -0.25) is 0 Å². The molecule has 2 aliphatic rings. The lowest BCUT2D eigenvalue weighted by Gasteiger charge is -2.33. The van der Waals surface area contributed by atoms with Gasteiger partial charge in [0.05, 0.1) is 0 Å². The number of rotatable bonds is 6. The minimum Gasteiger partial charge on any atom is -0.316 e. The Hall–Kier alpha value is -0.0800. The van der Waals surface area contributed by atoms with Crippen LogP contribution < -0.4 is 5.32 Å². The van der Waals surface area contributed by atoms with E-state index in [1.54, 1.807) is 0 Å². The topological polar surface area (TPSA) is 15.3 Å². The van der Waals surface area contributed by atoms with E-state index in [2.05, 4.69) is 17.1 Å². The second kappa shape index (κ2) is 7.38. The quantitative estimate of drug-likeness (QED) is 0.716. The number of nitrogens with zero attached hydrogens (tertiary/aromatic N) is 1. The van der Waals surface area contributed by atoms with Crippen LogP contribution in [0.2, 0.25) is 0 Å². The van der Waals surface area contributed by atoms with Crippen molar-refractivity contribution >= 4 is 0 Å². The van der Waals surface area contributed by atoms with Gasteiger partial charge in [-0.1, -0.05) is 19.3 Å². The summed E-state index contributed by atoms with van der Waals surface area (Å²) in [6.45, 7) is 7.53. The summed E-state index contributed by atoms with van der Waals surface area (Å²) in [5.74, 6) is 0.990. The molecule has 1 saturated heterocycles. The van der Waals surface area contributed by atoms with Crippen LogP contribution in [0, 0.1) is 5.92 Å². The first-order valence-electron chi connectivity index (χ1n) is 7.81. The van der Waals surface area contributed by atoms with Gasteiger partial charge in [0.25, 0.3) is 0 Å². The fourth-order valence-corrected chi connectivity index (χ4v) is 3.42. The Morgan fingerprint density at radius 1 is 1.06 bits per heavy atom. The molecule has 1 aliphatic heterocycles. The zero-order chi connectivity index (χ0) is 11.9. The molecule has 0 bridgehead atoms. The van der Waals surface area contributed by atoms with Crippen LogP contribution in [-0.4, -0.2) is 37.1 Å². The van der Waals surface area contributed by atoms with Crippen LogP contribution in [0.15, 0.2) is 0 Å². The van der Waals surface area contributed by atoms with E-state index in [1.807, 2.05) is 0 Å². The third-order valence-electron chi connectivity index (χ3n) is 4.65. The van der Waals surface area contributed by atoms with Crippen LogP contribution in [0.4, 0.5) is 0 Å². The van der Waals surface area contributed by atoms with Crippen molar-refractivity contribution in [2.45, 2.75) is 64.3 Å². The first-order chi connectivity index (χ1) is 8.36. The molecule has 0 amide bonds. The first-order valence-corrected chi connectivity index (χ1v) is 7.81. The van der Waals surface area contributed by atoms with Gasteiger partial charge in [-0.25, -0.2) is 0 Å². The highest BCUT2D eigenvalue weighted by molar-refractivity contribution is 4.73. The Morgan fingerprint density at radius 2 is 1.82 bits per heavy atom. The van der Waals surface area contributed by atoms with E-state index in [0.717, 1.165) is 12.0 Å². The lowest BCUT2D eigenvalue weighted by molar-refractivity contribution is 0.158. The van der Waals surface area contributed by atoms with Gasteiger partial charge in [-0.15, -0.1) is 0 Å². The third-order valence-corrected chi connectivity index (χ3v) is 4.65. The molecule has 100 valence electrons. The largest absolute Gasteiger partial charge is 0.316 e. The number of likely N-dealkylation sites (tertiary alicyclic amines) is 1. The molecule has 2 fully saturated rings. The van der Waals surface area contributed by atoms with Crippen LogP contribution in [0.25, 0.3) is 0 Å². The van der Waals surface area contributed by atoms with Crippen molar-refractivity contribution in [3.8, 4) is 0 Å². The SMILES string of the molecule is CC1CCCCN1CCCNCC1CCCC1. The van der Waals surface area contributed by atoms with Crippen molar-refractivity contribution in [3.63, 3.8) is 0 Å². The molecule has 1 N–H and O–H groups in total. The van der Waals surface area contributed by atoms with Crippen molar-refractivity contribution in [3.05, 3.63) is 0 Å². The summed E-state index contributed by atoms with van der Waals surface area (Å²) in [5, 5.41) is 3.66. The predicted octanol–water partition coefficient (Wildman–Crippen LogP) is 3.03. The Balaban J connectivity index is 1.47. The Morgan fingerprint density at radius 3 is 2.59 bits per heavy atom. The second-order valence-corrected chi connectivity index (χ2v) is 6.09. The van der Waals surface area contributed by atoms with E-state index < -0.39 is 0 Å². The molecule has 1 atom stereocenters. The Bertz CT molecular complexity index is 199. The average Bonchev–Trinajstić information content (AvgIpc) is 2.84. The number of hydrogen-bond donors (Lipinski definition) is 1. The van der Waals surface area contributed by atoms with Crippen LogP contribution in [-0.2, 0) is 0 Å². The molecule has 2 nitrogen and oxygen atoms in total. The Kier molecular flexibility index (Phi) is 5.79. The van der Waals surface area contributed by atoms with Crippen LogP contribution in [0.5, 0.6) is 0 Å². The lowest BCUT2D eigenvalue weighted by Crippen LogP contribution is -2.39. The van der Waals surface area contributed by atoms with Crippen LogP contribution in [0.1, 0.15) is 58.3 Å². The van der Waals surface area contributed by atoms with Crippen molar-refractivity contribution < 1.29 is 0 Å². The zero-order valence-electron chi connectivity index (χ0n) is 11.6. The molecule has 0 aromatic rings. The summed E-state index contributed by atoms with van der Waals surface area (Å²) >= 11 is 0. The van der Waals surface area contributed by atoms with E-state index in [4.69, 9.17) is 0 Å². The first kappa shape index (κ1) is 13.4. The van der Waals surface area contributed by atoms with Crippen molar-refractivity contribution in [1.29, 1.82) is 0 Å². The van der Waals surface area contributed by atoms with Gasteiger partial charge in [-0.05, 0) is 71.1 Å². The van der Waals surface area contributed by atoms with Gasteiger partial charge in [0.15, 0.2) is 0 Å². The highest BCUT2D eigenvalue weighted by Gasteiger charge is 2.17. The van der Waals surface area contributed by atoms with Crippen LogP contribution >= 0.6 is 0 Å². The summed E-state index contributed by atoms with van der Waals surface area (Å²) in [6, 6.07) is 0.832. The van der Waals surface area contributed by atoms with E-state index in [-0.39, 0.29) is 0 Å². The molecule has 0 aromatic heterocycles. The van der Waals surface area contributed by atoms with E-state index in [1.165, 1.54) is 77.5 Å². The van der Waals surface area contributed by atoms with Gasteiger partial charge < -0.3 is 10.2 Å². The molecule has 1 saturated carbocycles. The van der Waals surface area contributed by atoms with E-state index in [0.29, 0.717) is 0 Å². The normalized spacial score (nSPS) is 27.7. The average molecular weight is 238 g/mol. The summed E-state index contributed by atoms with van der Waals surface area (Å²) < 4.78 is 0. The predicted molar refractivity (Wildman–Crippen MR) is 74.3 cm³/mol. The van der Waals surface area contributed by atoms with Gasteiger partial charge in [0.1, 0.15) is 0 Å². The minimum atomic E-state index is 0.832. The molecule has 0 aromatic carbocycles. The standard InChI is InChI=1S/C15H30N2/c1-14-7-4-5-11-17(14)12-6-10-16-13-15-8-2-3-9-15/h14-16H,2-13H2,1H3. The number of hydrogen-bond acceptors (Lipinski definition) is 2. The highest BCUT2D eigenvalue weighted by atomic mass is 15.2. The molecule has 1 unspecified atom stereocenters. The van der Waals surface area contributed by atoms with Crippen LogP contribution in [0.3, 0.4) is 0 Å². The molecule has 0 spiro atoms. The van der Waals surface area contributed by atoms with E-state index in [9.17, 15) is 0 Å². The number of piperidine rings is 1. The van der Waals surface area contributed by atoms with Gasteiger partial charge in [0.2, 0.25) is 0 Å². The molecule has 17 heavy (non-hydrogen) atoms. The van der Waals surface area contributed by atoms with Gasteiger partial charge in [-0.2, -0.15) is 0 Å². The maximum absolute atomic E-state index is 3.66. The number of nitrogens with one attached hydrogen (secondary N) is 1. The molecule has 1 aliphatic carbocycles. The van der Waals surface area contributed by atoms with Gasteiger partial charge in [0, 0.05) is 6.04 Å². The molecular formula is C15H30N2. The highest BCUT2D eigenvalue weighted by Crippen LogP contribution is 2.23. The fourth-order valence-electron chi connectivity index (χ4n) is 3.42. The summed E-state index contributed by atoms with van der Waals surface area (Å²) in [6.07, 6.45) is 11.5. The van der Waals surface area contributed by atoms with Crippen molar-refractivity contribution in [2.75, 3.05) is 26.2 Å². The summed E-state index contributed by atoms with van der Waals surface area (Å²) in [4.78, 5) is 2.68. The van der Waals surface area contributed by atoms with Gasteiger partial charge >= 0.3 is 0 Å². The minimum absolute atomic E-state index is 0.832. The monoisotopic (exact) mass is 238 g/mol. The molecule has 2 rings (SSSR count). The van der Waals surface area contributed by atoms with Crippen molar-refractivity contribution in [2.24, 2.45) is 5.92 Å². The Labute approximate surface area is 107 Å². The molecule has 1 heterocycles. The maximum atomic E-state index is 3.66. The maximum Gasteiger partial charge on any atom is 0.00669 e.